The second-order valence-corrected chi connectivity index (χ2v) is 8.67. The van der Waals surface area contributed by atoms with Crippen LogP contribution in [0.25, 0.3) is 0 Å². The fraction of sp³-hybridized carbons (Fsp3) is 0.810. The van der Waals surface area contributed by atoms with Gasteiger partial charge in [0.25, 0.3) is 6.47 Å². The Kier molecular flexibility index (Phi) is 26.1. The Balaban J connectivity index is 0. The summed E-state index contributed by atoms with van der Waals surface area (Å²) in [5.74, 6) is 0.909. The van der Waals surface area contributed by atoms with Crippen LogP contribution in [0.3, 0.4) is 0 Å². The summed E-state index contributed by atoms with van der Waals surface area (Å²) in [6.45, 7) is 8.08. The molecule has 0 saturated heterocycles. The van der Waals surface area contributed by atoms with Crippen LogP contribution in [0.4, 0.5) is 0 Å². The van der Waals surface area contributed by atoms with Gasteiger partial charge in [-0.2, -0.15) is 0 Å². The first kappa shape index (κ1) is 33.9. The second-order valence-electron chi connectivity index (χ2n) is 6.80. The lowest BCUT2D eigenvalue weighted by Crippen LogP contribution is -2.27. The lowest BCUT2D eigenvalue weighted by atomic mass is 10.2. The second kappa shape index (κ2) is 25.4. The molecule has 33 heavy (non-hydrogen) atoms. The maximum Gasteiger partial charge on any atom is 0.294 e. The molecule has 12 heteroatoms. The van der Waals surface area contributed by atoms with Crippen molar-refractivity contribution in [3.63, 3.8) is 0 Å². The molecule has 0 saturated carbocycles. The van der Waals surface area contributed by atoms with Crippen molar-refractivity contribution < 1.29 is 42.2 Å². The molecule has 0 aromatic heterocycles. The first-order valence-corrected chi connectivity index (χ1v) is 12.7. The topological polar surface area (TPSA) is 119 Å². The van der Waals surface area contributed by atoms with Gasteiger partial charge in [0, 0.05) is 43.0 Å². The van der Waals surface area contributed by atoms with Crippen molar-refractivity contribution in [2.45, 2.75) is 25.8 Å². The van der Waals surface area contributed by atoms with Gasteiger partial charge in [-0.05, 0) is 6.08 Å². The molecule has 1 N–H and O–H groups in total. The molecule has 0 bridgehead atoms. The number of halogens is 1. The van der Waals surface area contributed by atoms with Crippen molar-refractivity contribution in [1.82, 2.24) is 5.32 Å². The quantitative estimate of drug-likeness (QED) is 0.111. The predicted octanol–water partition coefficient (Wildman–Crippen LogP) is 1.48. The third-order valence-corrected chi connectivity index (χ3v) is 4.87. The lowest BCUT2D eigenvalue weighted by molar-refractivity contribution is -0.131. The van der Waals surface area contributed by atoms with E-state index < -0.39 is 16.4 Å². The van der Waals surface area contributed by atoms with E-state index in [1.807, 2.05) is 13.8 Å². The summed E-state index contributed by atoms with van der Waals surface area (Å²) in [6.07, 6.45) is 3.41. The molecule has 196 valence electrons. The van der Waals surface area contributed by atoms with E-state index in [0.29, 0.717) is 70.8 Å². The fourth-order valence-corrected chi connectivity index (χ4v) is 2.52. The molecule has 1 amide bonds. The van der Waals surface area contributed by atoms with E-state index in [0.717, 1.165) is 0 Å². The van der Waals surface area contributed by atoms with E-state index in [1.54, 1.807) is 19.4 Å². The van der Waals surface area contributed by atoms with Crippen molar-refractivity contribution in [2.24, 2.45) is 5.92 Å². The molecular weight excluding hydrogens is 478 g/mol. The first-order valence-electron chi connectivity index (χ1n) is 10.5. The zero-order valence-electron chi connectivity index (χ0n) is 20.3. The van der Waals surface area contributed by atoms with Gasteiger partial charge in [0.2, 0.25) is 5.91 Å². The Labute approximate surface area is 205 Å². The van der Waals surface area contributed by atoms with Gasteiger partial charge in [0.15, 0.2) is 5.56 Å². The monoisotopic (exact) mass is 517 g/mol. The minimum atomic E-state index is -0.995. The highest BCUT2D eigenvalue weighted by molar-refractivity contribution is 7.84. The maximum absolute atomic E-state index is 11.6. The van der Waals surface area contributed by atoms with Crippen LogP contribution in [0, 0.1) is 5.92 Å². The summed E-state index contributed by atoms with van der Waals surface area (Å²) in [6, 6.07) is 0. The predicted molar refractivity (Wildman–Crippen MR) is 128 cm³/mol. The van der Waals surface area contributed by atoms with E-state index in [-0.39, 0.29) is 18.2 Å². The van der Waals surface area contributed by atoms with Crippen LogP contribution < -0.4 is 5.32 Å². The van der Waals surface area contributed by atoms with Gasteiger partial charge in [-0.15, -0.1) is 0 Å². The zero-order chi connectivity index (χ0) is 25.3. The Morgan fingerprint density at radius 2 is 1.55 bits per heavy atom. The molecule has 0 aromatic rings. The van der Waals surface area contributed by atoms with Crippen molar-refractivity contribution in [2.75, 3.05) is 79.0 Å². The number of hydrogen-bond acceptors (Lipinski definition) is 9. The molecule has 0 fully saturated rings. The molecule has 0 heterocycles. The Morgan fingerprint density at radius 1 is 1.00 bits per heavy atom. The van der Waals surface area contributed by atoms with Crippen LogP contribution in [0.5, 0.6) is 0 Å². The molecule has 0 aliphatic carbocycles. The normalized spacial score (nSPS) is 13.0. The molecule has 0 rings (SSSR count). The van der Waals surface area contributed by atoms with Crippen LogP contribution in [0.15, 0.2) is 11.8 Å². The summed E-state index contributed by atoms with van der Waals surface area (Å²) >= 11 is 5.46. The molecule has 0 aromatic carbocycles. The van der Waals surface area contributed by atoms with E-state index in [4.69, 9.17) is 35.3 Å². The van der Waals surface area contributed by atoms with E-state index in [2.05, 4.69) is 10.1 Å². The molecule has 2 unspecified atom stereocenters. The largest absolute Gasteiger partial charge is 0.500 e. The minimum Gasteiger partial charge on any atom is -0.500 e. The summed E-state index contributed by atoms with van der Waals surface area (Å²) in [7, 11) is 2.13. The number of ether oxygens (including phenoxy) is 6. The SMILES string of the molecule is CC(C)C(Cl)OC=O.COCCOCCOCCOCCNC(=O)C/C=C(\CS(C)=O)OC. The molecule has 0 spiro atoms. The van der Waals surface area contributed by atoms with E-state index >= 15 is 0 Å². The van der Waals surface area contributed by atoms with Crippen LogP contribution in [-0.2, 0) is 48.8 Å². The number of amides is 1. The summed E-state index contributed by atoms with van der Waals surface area (Å²) in [5.41, 5.74) is -0.479. The van der Waals surface area contributed by atoms with Gasteiger partial charge in [-0.25, -0.2) is 0 Å². The van der Waals surface area contributed by atoms with Crippen molar-refractivity contribution in [1.29, 1.82) is 0 Å². The van der Waals surface area contributed by atoms with Crippen molar-refractivity contribution in [3.05, 3.63) is 11.8 Å². The summed E-state index contributed by atoms with van der Waals surface area (Å²) < 4.78 is 41.3. The van der Waals surface area contributed by atoms with Gasteiger partial charge in [0.1, 0.15) is 5.76 Å². The number of nitrogens with one attached hydrogen (secondary N) is 1. The average Bonchev–Trinajstić information content (AvgIpc) is 2.77. The highest BCUT2D eigenvalue weighted by atomic mass is 35.5. The van der Waals surface area contributed by atoms with Crippen molar-refractivity contribution >= 4 is 34.8 Å². The molecule has 0 aliphatic heterocycles. The van der Waals surface area contributed by atoms with Gasteiger partial charge < -0.3 is 33.7 Å². The Bertz CT molecular complexity index is 536. The van der Waals surface area contributed by atoms with Gasteiger partial charge in [-0.1, -0.05) is 25.4 Å². The van der Waals surface area contributed by atoms with Gasteiger partial charge in [0.05, 0.1) is 59.1 Å². The standard InChI is InChI=1S/C16H31NO7S.C5H9ClO2/c1-20-8-9-23-12-13-24-11-10-22-7-6-17-16(18)5-4-15(21-2)14-25(3)19;1-4(2)5(6)8-3-7/h4H,5-14H2,1-3H3,(H,17,18);3-5H,1-2H3/b15-4+;. The molecule has 10 nitrogen and oxygen atoms in total. The molecule has 0 radical (unpaired) electrons. The number of rotatable bonds is 20. The van der Waals surface area contributed by atoms with E-state index in [1.165, 1.54) is 7.11 Å². The molecule has 0 aliphatic rings. The van der Waals surface area contributed by atoms with Gasteiger partial charge >= 0.3 is 0 Å². The van der Waals surface area contributed by atoms with Crippen LogP contribution in [-0.4, -0.2) is 101 Å². The number of carbonyl (C=O) groups is 2. The third kappa shape index (κ3) is 26.9. The average molecular weight is 518 g/mol. The van der Waals surface area contributed by atoms with E-state index in [9.17, 15) is 13.8 Å². The van der Waals surface area contributed by atoms with Crippen molar-refractivity contribution in [3.8, 4) is 0 Å². The first-order chi connectivity index (χ1) is 15.8. The Hall–Kier alpha value is -1.24. The van der Waals surface area contributed by atoms with Crippen LogP contribution in [0.2, 0.25) is 0 Å². The summed E-state index contributed by atoms with van der Waals surface area (Å²) in [4.78, 5) is 21.3. The fourth-order valence-electron chi connectivity index (χ4n) is 1.84. The maximum atomic E-state index is 11.6. The van der Waals surface area contributed by atoms with Gasteiger partial charge in [-0.3, -0.25) is 13.8 Å². The minimum absolute atomic E-state index is 0.135. The molecular formula is C21H40ClNO9S. The van der Waals surface area contributed by atoms with Crippen LogP contribution >= 0.6 is 11.6 Å². The number of methoxy groups -OCH3 is 2. The number of alkyl halides is 1. The number of carbonyl (C=O) groups excluding carboxylic acids is 2. The highest BCUT2D eigenvalue weighted by Crippen LogP contribution is 2.08. The highest BCUT2D eigenvalue weighted by Gasteiger charge is 2.07. The lowest BCUT2D eigenvalue weighted by Gasteiger charge is -2.08. The summed E-state index contributed by atoms with van der Waals surface area (Å²) in [5, 5.41) is 2.73. The Morgan fingerprint density at radius 3 is 1.97 bits per heavy atom. The number of hydrogen-bond donors (Lipinski definition) is 1. The third-order valence-electron chi connectivity index (χ3n) is 3.58. The smallest absolute Gasteiger partial charge is 0.294 e. The van der Waals surface area contributed by atoms with Crippen LogP contribution in [0.1, 0.15) is 20.3 Å². The zero-order valence-corrected chi connectivity index (χ0v) is 21.9. The molecule has 2 atom stereocenters.